The number of nitrogens with two attached hydrogens (primary N) is 1. The zero-order valence-corrected chi connectivity index (χ0v) is 21.2. The molecule has 6 N–H and O–H groups in total. The molecule has 8 heteroatoms. The Morgan fingerprint density at radius 3 is 2.03 bits per heavy atom. The van der Waals surface area contributed by atoms with Crippen LogP contribution >= 0.6 is 0 Å². The lowest BCUT2D eigenvalue weighted by Gasteiger charge is -2.39. The molecule has 0 spiro atoms. The maximum Gasteiger partial charge on any atom is 0.310 e. The van der Waals surface area contributed by atoms with Crippen molar-refractivity contribution >= 4 is 5.97 Å². The highest BCUT2D eigenvalue weighted by Crippen LogP contribution is 2.41. The number of carbonyl (C=O) groups is 1. The van der Waals surface area contributed by atoms with E-state index in [9.17, 15) is 15.0 Å². The minimum Gasteiger partial charge on any atom is -0.490 e. The number of carboxylic acids is 1. The monoisotopic (exact) mass is 483 g/mol. The van der Waals surface area contributed by atoms with E-state index in [4.69, 9.17) is 25.4 Å². The van der Waals surface area contributed by atoms with Crippen LogP contribution in [0.1, 0.15) is 65.4 Å². The molecule has 8 nitrogen and oxygen atoms in total. The highest BCUT2D eigenvalue weighted by Gasteiger charge is 2.46. The number of aliphatic hydroxyl groups is 3. The molecule has 0 saturated carbocycles. The molecular formula is C26H45NO7. The van der Waals surface area contributed by atoms with Crippen molar-refractivity contribution in [1.29, 1.82) is 0 Å². The van der Waals surface area contributed by atoms with Crippen LogP contribution in [0.2, 0.25) is 0 Å². The first-order valence-electron chi connectivity index (χ1n) is 12.4. The van der Waals surface area contributed by atoms with Crippen LogP contribution in [0.3, 0.4) is 0 Å². The van der Waals surface area contributed by atoms with Crippen LogP contribution in [0.25, 0.3) is 0 Å². The molecule has 1 aromatic rings. The second-order valence-electron chi connectivity index (χ2n) is 9.61. The molecule has 0 amide bonds. The van der Waals surface area contributed by atoms with Gasteiger partial charge in [0.25, 0.3) is 0 Å². The van der Waals surface area contributed by atoms with Gasteiger partial charge in [-0.2, -0.15) is 0 Å². The minimum absolute atomic E-state index is 0.0391. The Bertz CT molecular complexity index is 715. The molecule has 0 heterocycles. The van der Waals surface area contributed by atoms with Gasteiger partial charge in [-0.15, -0.1) is 0 Å². The Balaban J connectivity index is 2.75. The van der Waals surface area contributed by atoms with Gasteiger partial charge in [-0.1, -0.05) is 33.8 Å². The van der Waals surface area contributed by atoms with E-state index in [1.807, 2.05) is 45.9 Å². The van der Waals surface area contributed by atoms with E-state index in [1.54, 1.807) is 0 Å². The van der Waals surface area contributed by atoms with Gasteiger partial charge in [0.05, 0.1) is 24.7 Å². The van der Waals surface area contributed by atoms with Crippen molar-refractivity contribution < 1.29 is 34.7 Å². The summed E-state index contributed by atoms with van der Waals surface area (Å²) in [5.41, 5.74) is 6.26. The van der Waals surface area contributed by atoms with Crippen molar-refractivity contribution in [3.05, 3.63) is 23.8 Å². The van der Waals surface area contributed by atoms with Crippen molar-refractivity contribution in [2.45, 2.75) is 78.4 Å². The number of ether oxygens (including phenoxy) is 2. The van der Waals surface area contributed by atoms with Gasteiger partial charge in [-0.3, -0.25) is 4.79 Å². The Labute approximate surface area is 204 Å². The lowest BCUT2D eigenvalue weighted by atomic mass is 9.65. The van der Waals surface area contributed by atoms with E-state index in [2.05, 4.69) is 0 Å². The van der Waals surface area contributed by atoms with E-state index in [-0.39, 0.29) is 31.5 Å². The lowest BCUT2D eigenvalue weighted by molar-refractivity contribution is -0.159. The highest BCUT2D eigenvalue weighted by atomic mass is 16.5. The number of hydrogen-bond donors (Lipinski definition) is 5. The zero-order chi connectivity index (χ0) is 25.7. The molecular weight excluding hydrogens is 438 g/mol. The predicted octanol–water partition coefficient (Wildman–Crippen LogP) is 2.99. The van der Waals surface area contributed by atoms with E-state index in [1.165, 1.54) is 0 Å². The summed E-state index contributed by atoms with van der Waals surface area (Å²) in [6.07, 6.45) is 2.26. The van der Waals surface area contributed by atoms with Crippen molar-refractivity contribution in [2.75, 3.05) is 26.4 Å². The van der Waals surface area contributed by atoms with Gasteiger partial charge in [-0.25, -0.2) is 0 Å². The SMILES string of the molecule is CC(C)C(CC(O)C(N)CCCc1ccc(OCCCO)c(OCCCO)c1)(C(=O)O)C(C)C. The third kappa shape index (κ3) is 8.73. The number of rotatable bonds is 18. The van der Waals surface area contributed by atoms with Gasteiger partial charge in [0.15, 0.2) is 11.5 Å². The Morgan fingerprint density at radius 2 is 1.53 bits per heavy atom. The van der Waals surface area contributed by atoms with Gasteiger partial charge in [0.1, 0.15) is 0 Å². The topological polar surface area (TPSA) is 142 Å². The van der Waals surface area contributed by atoms with Gasteiger partial charge in [0.2, 0.25) is 0 Å². The molecule has 0 bridgehead atoms. The quantitative estimate of drug-likeness (QED) is 0.201. The molecule has 0 aromatic heterocycles. The van der Waals surface area contributed by atoms with Crippen LogP contribution in [-0.4, -0.2) is 65.0 Å². The zero-order valence-electron chi connectivity index (χ0n) is 21.2. The number of hydrogen-bond acceptors (Lipinski definition) is 7. The van der Waals surface area contributed by atoms with Gasteiger partial charge in [-0.05, 0) is 55.2 Å². The highest BCUT2D eigenvalue weighted by molar-refractivity contribution is 5.75. The van der Waals surface area contributed by atoms with Gasteiger partial charge in [0, 0.05) is 32.1 Å². The smallest absolute Gasteiger partial charge is 0.310 e. The van der Waals surface area contributed by atoms with Crippen LogP contribution in [0.15, 0.2) is 18.2 Å². The maximum absolute atomic E-state index is 12.1. The predicted molar refractivity (Wildman–Crippen MR) is 132 cm³/mol. The summed E-state index contributed by atoms with van der Waals surface area (Å²) in [5, 5.41) is 38.6. The van der Waals surface area contributed by atoms with Crippen molar-refractivity contribution in [3.63, 3.8) is 0 Å². The molecule has 196 valence electrons. The molecule has 34 heavy (non-hydrogen) atoms. The Kier molecular flexibility index (Phi) is 13.5. The molecule has 1 rings (SSSR count). The number of aryl methyl sites for hydroxylation is 1. The second kappa shape index (κ2) is 15.2. The molecule has 0 aliphatic rings. The molecule has 2 atom stereocenters. The number of benzene rings is 1. The van der Waals surface area contributed by atoms with Crippen LogP contribution in [0.4, 0.5) is 0 Å². The number of aliphatic carboxylic acids is 1. The molecule has 0 aliphatic carbocycles. The van der Waals surface area contributed by atoms with Crippen LogP contribution in [0, 0.1) is 17.3 Å². The lowest BCUT2D eigenvalue weighted by Crippen LogP contribution is -2.47. The molecule has 0 radical (unpaired) electrons. The fourth-order valence-electron chi connectivity index (χ4n) is 4.38. The summed E-state index contributed by atoms with van der Waals surface area (Å²) in [6.45, 7) is 8.35. The third-order valence-electron chi connectivity index (χ3n) is 6.63. The largest absolute Gasteiger partial charge is 0.490 e. The average Bonchev–Trinajstić information content (AvgIpc) is 2.77. The molecule has 0 fully saturated rings. The Hall–Kier alpha value is -1.87. The normalized spacial score (nSPS) is 13.8. The minimum atomic E-state index is -1.02. The van der Waals surface area contributed by atoms with Gasteiger partial charge < -0.3 is 35.6 Å². The summed E-state index contributed by atoms with van der Waals surface area (Å²) in [4.78, 5) is 12.1. The summed E-state index contributed by atoms with van der Waals surface area (Å²) in [6, 6.07) is 5.17. The standard InChI is InChI=1S/C26H45NO7/c1-18(2)26(19(3)4,25(31)32)17-22(30)21(27)9-5-8-20-10-11-23(33-14-6-12-28)24(16-20)34-15-7-13-29/h10-11,16,18-19,21-22,28-30H,5-9,12-15,17,27H2,1-4H3,(H,31,32). The van der Waals surface area contributed by atoms with Gasteiger partial charge >= 0.3 is 5.97 Å². The molecule has 0 saturated heterocycles. The first kappa shape index (κ1) is 30.2. The van der Waals surface area contributed by atoms with Crippen LogP contribution < -0.4 is 15.2 Å². The molecule has 0 aliphatic heterocycles. The van der Waals surface area contributed by atoms with E-state index < -0.39 is 23.5 Å². The molecule has 2 unspecified atom stereocenters. The maximum atomic E-state index is 12.1. The summed E-state index contributed by atoms with van der Waals surface area (Å²) in [5.74, 6) is 0.0326. The summed E-state index contributed by atoms with van der Waals surface area (Å²) < 4.78 is 11.5. The molecule has 1 aromatic carbocycles. The average molecular weight is 484 g/mol. The van der Waals surface area contributed by atoms with Crippen molar-refractivity contribution in [3.8, 4) is 11.5 Å². The first-order valence-corrected chi connectivity index (χ1v) is 12.4. The van der Waals surface area contributed by atoms with E-state index in [0.29, 0.717) is 50.4 Å². The third-order valence-corrected chi connectivity index (χ3v) is 6.63. The van der Waals surface area contributed by atoms with Crippen molar-refractivity contribution in [2.24, 2.45) is 23.0 Å². The van der Waals surface area contributed by atoms with E-state index >= 15 is 0 Å². The van der Waals surface area contributed by atoms with Crippen LogP contribution in [-0.2, 0) is 11.2 Å². The second-order valence-corrected chi connectivity index (χ2v) is 9.61. The first-order chi connectivity index (χ1) is 16.1. The van der Waals surface area contributed by atoms with Crippen LogP contribution in [0.5, 0.6) is 11.5 Å². The Morgan fingerprint density at radius 1 is 0.971 bits per heavy atom. The fourth-order valence-corrected chi connectivity index (χ4v) is 4.38. The number of aliphatic hydroxyl groups excluding tert-OH is 3. The fraction of sp³-hybridized carbons (Fsp3) is 0.731. The number of carboxylic acid groups (broad SMARTS) is 1. The van der Waals surface area contributed by atoms with E-state index in [0.717, 1.165) is 12.0 Å². The summed E-state index contributed by atoms with van der Waals surface area (Å²) >= 11 is 0. The summed E-state index contributed by atoms with van der Waals surface area (Å²) in [7, 11) is 0. The van der Waals surface area contributed by atoms with Crippen molar-refractivity contribution in [1.82, 2.24) is 0 Å².